The van der Waals surface area contributed by atoms with Gasteiger partial charge in [-0.25, -0.2) is 0 Å². The molecule has 3 aromatic rings. The maximum absolute atomic E-state index is 12.0. The average molecular weight is 307 g/mol. The molecule has 7 nitrogen and oxygen atoms in total. The largest absolute Gasteiger partial charge is 0.287 e. The lowest BCUT2D eigenvalue weighted by atomic mass is 10.1. The van der Waals surface area contributed by atoms with Crippen molar-refractivity contribution in [2.75, 3.05) is 0 Å². The van der Waals surface area contributed by atoms with E-state index >= 15 is 0 Å². The third-order valence-corrected chi connectivity index (χ3v) is 3.11. The second kappa shape index (κ2) is 6.52. The summed E-state index contributed by atoms with van der Waals surface area (Å²) in [5, 5.41) is 6.73. The van der Waals surface area contributed by atoms with E-state index < -0.39 is 11.8 Å². The molecule has 2 aromatic heterocycles. The zero-order chi connectivity index (χ0) is 16.1. The number of carbonyl (C=O) groups excluding carboxylic acids is 2. The molecule has 0 saturated carbocycles. The number of benzene rings is 1. The van der Waals surface area contributed by atoms with Crippen LogP contribution in [0.1, 0.15) is 20.8 Å². The van der Waals surface area contributed by atoms with Gasteiger partial charge in [0.1, 0.15) is 5.69 Å². The van der Waals surface area contributed by atoms with Gasteiger partial charge in [-0.3, -0.25) is 30.5 Å². The highest BCUT2D eigenvalue weighted by Crippen LogP contribution is 2.16. The first-order valence-corrected chi connectivity index (χ1v) is 6.85. The summed E-state index contributed by atoms with van der Waals surface area (Å²) < 4.78 is 0. The fourth-order valence-electron chi connectivity index (χ4n) is 1.94. The van der Waals surface area contributed by atoms with Crippen molar-refractivity contribution in [3.63, 3.8) is 0 Å². The van der Waals surface area contributed by atoms with Crippen molar-refractivity contribution < 1.29 is 9.59 Å². The molecule has 0 aliphatic heterocycles. The number of hydrogen-bond donors (Lipinski definition) is 3. The Kier molecular flexibility index (Phi) is 4.10. The molecule has 23 heavy (non-hydrogen) atoms. The predicted molar refractivity (Wildman–Crippen MR) is 83.2 cm³/mol. The van der Waals surface area contributed by atoms with E-state index in [4.69, 9.17) is 0 Å². The number of pyridine rings is 1. The van der Waals surface area contributed by atoms with E-state index in [-0.39, 0.29) is 5.69 Å². The van der Waals surface area contributed by atoms with Crippen molar-refractivity contribution in [1.29, 1.82) is 0 Å². The van der Waals surface area contributed by atoms with Crippen molar-refractivity contribution in [3.8, 4) is 11.3 Å². The van der Waals surface area contributed by atoms with Crippen LogP contribution in [0.3, 0.4) is 0 Å². The highest BCUT2D eigenvalue weighted by molar-refractivity contribution is 5.98. The van der Waals surface area contributed by atoms with Crippen LogP contribution in [0, 0.1) is 0 Å². The Hall–Kier alpha value is -3.48. The molecule has 0 spiro atoms. The summed E-state index contributed by atoms with van der Waals surface area (Å²) in [5.41, 5.74) is 6.78. The van der Waals surface area contributed by atoms with E-state index in [1.807, 2.05) is 30.3 Å². The standard InChI is InChI=1S/C16H13N5O2/c22-15(12-7-4-8-17-10-12)20-21-16(23)14-9-13(18-19-14)11-5-2-1-3-6-11/h1-10H,(H,18,19)(H,20,22)(H,21,23). The highest BCUT2D eigenvalue weighted by Gasteiger charge is 2.12. The van der Waals surface area contributed by atoms with Crippen molar-refractivity contribution in [2.45, 2.75) is 0 Å². The summed E-state index contributed by atoms with van der Waals surface area (Å²) in [6.07, 6.45) is 2.97. The van der Waals surface area contributed by atoms with Gasteiger partial charge in [-0.1, -0.05) is 30.3 Å². The third kappa shape index (κ3) is 3.41. The molecule has 114 valence electrons. The van der Waals surface area contributed by atoms with Crippen LogP contribution in [0.4, 0.5) is 0 Å². The lowest BCUT2D eigenvalue weighted by Crippen LogP contribution is -2.41. The quantitative estimate of drug-likeness (QED) is 0.639. The minimum Gasteiger partial charge on any atom is -0.272 e. The Balaban J connectivity index is 1.63. The van der Waals surface area contributed by atoms with Crippen molar-refractivity contribution in [3.05, 3.63) is 72.2 Å². The number of amides is 2. The van der Waals surface area contributed by atoms with Crippen molar-refractivity contribution in [1.82, 2.24) is 26.0 Å². The molecule has 3 rings (SSSR count). The molecular weight excluding hydrogens is 294 g/mol. The Morgan fingerprint density at radius 1 is 0.957 bits per heavy atom. The summed E-state index contributed by atoms with van der Waals surface area (Å²) in [6.45, 7) is 0. The minimum atomic E-state index is -0.489. The monoisotopic (exact) mass is 307 g/mol. The summed E-state index contributed by atoms with van der Waals surface area (Å²) >= 11 is 0. The number of nitrogens with one attached hydrogen (secondary N) is 3. The number of hydrazine groups is 1. The van der Waals surface area contributed by atoms with E-state index in [0.29, 0.717) is 11.3 Å². The van der Waals surface area contributed by atoms with Crippen LogP contribution in [0.2, 0.25) is 0 Å². The molecule has 7 heteroatoms. The van der Waals surface area contributed by atoms with Crippen LogP contribution in [-0.2, 0) is 0 Å². The number of rotatable bonds is 3. The summed E-state index contributed by atoms with van der Waals surface area (Å²) in [4.78, 5) is 27.7. The molecule has 0 aliphatic rings. The van der Waals surface area contributed by atoms with E-state index in [1.165, 1.54) is 6.20 Å². The lowest BCUT2D eigenvalue weighted by molar-refractivity contribution is 0.0843. The molecule has 0 fully saturated rings. The maximum Gasteiger partial charge on any atom is 0.287 e. The number of carbonyl (C=O) groups is 2. The van der Waals surface area contributed by atoms with E-state index in [1.54, 1.807) is 24.4 Å². The van der Waals surface area contributed by atoms with Gasteiger partial charge in [0.25, 0.3) is 11.8 Å². The van der Waals surface area contributed by atoms with Crippen LogP contribution in [0.15, 0.2) is 60.9 Å². The second-order valence-electron chi connectivity index (χ2n) is 4.68. The topological polar surface area (TPSA) is 99.8 Å². The fraction of sp³-hybridized carbons (Fsp3) is 0. The normalized spacial score (nSPS) is 10.1. The first-order chi connectivity index (χ1) is 11.2. The Labute approximate surface area is 131 Å². The van der Waals surface area contributed by atoms with E-state index in [2.05, 4.69) is 26.0 Å². The highest BCUT2D eigenvalue weighted by atomic mass is 16.2. The predicted octanol–water partition coefficient (Wildman–Crippen LogP) is 1.55. The summed E-state index contributed by atoms with van der Waals surface area (Å²) in [6, 6.07) is 14.3. The van der Waals surface area contributed by atoms with Gasteiger partial charge in [0.2, 0.25) is 0 Å². The first-order valence-electron chi connectivity index (χ1n) is 6.85. The Morgan fingerprint density at radius 3 is 2.48 bits per heavy atom. The molecule has 2 heterocycles. The number of aromatic amines is 1. The number of nitrogens with zero attached hydrogens (tertiary/aromatic N) is 2. The third-order valence-electron chi connectivity index (χ3n) is 3.11. The molecule has 0 aliphatic carbocycles. The molecular formula is C16H13N5O2. The van der Waals surface area contributed by atoms with Crippen molar-refractivity contribution >= 4 is 11.8 Å². The van der Waals surface area contributed by atoms with Crippen LogP contribution in [-0.4, -0.2) is 27.0 Å². The zero-order valence-corrected chi connectivity index (χ0v) is 12.0. The molecule has 0 atom stereocenters. The molecule has 0 bridgehead atoms. The molecule has 0 radical (unpaired) electrons. The van der Waals surface area contributed by atoms with Crippen LogP contribution in [0.5, 0.6) is 0 Å². The van der Waals surface area contributed by atoms with Gasteiger partial charge in [0.15, 0.2) is 0 Å². The minimum absolute atomic E-state index is 0.246. The fourth-order valence-corrected chi connectivity index (χ4v) is 1.94. The molecule has 0 saturated heterocycles. The van der Waals surface area contributed by atoms with Crippen LogP contribution >= 0.6 is 0 Å². The lowest BCUT2D eigenvalue weighted by Gasteiger charge is -2.05. The van der Waals surface area contributed by atoms with Gasteiger partial charge in [-0.2, -0.15) is 5.10 Å². The van der Waals surface area contributed by atoms with Gasteiger partial charge in [-0.05, 0) is 18.2 Å². The molecule has 2 amide bonds. The molecule has 3 N–H and O–H groups in total. The van der Waals surface area contributed by atoms with Crippen molar-refractivity contribution in [2.24, 2.45) is 0 Å². The summed E-state index contributed by atoms with van der Waals surface area (Å²) in [5.74, 6) is -0.939. The van der Waals surface area contributed by atoms with E-state index in [0.717, 1.165) is 5.56 Å². The smallest absolute Gasteiger partial charge is 0.272 e. The number of aromatic nitrogens is 3. The Bertz CT molecular complexity index is 815. The maximum atomic E-state index is 12.0. The number of H-pyrrole nitrogens is 1. The van der Waals surface area contributed by atoms with Gasteiger partial charge in [0.05, 0.1) is 11.3 Å². The zero-order valence-electron chi connectivity index (χ0n) is 12.0. The molecule has 1 aromatic carbocycles. The average Bonchev–Trinajstić information content (AvgIpc) is 3.11. The Morgan fingerprint density at radius 2 is 1.74 bits per heavy atom. The van der Waals surface area contributed by atoms with Crippen LogP contribution < -0.4 is 10.9 Å². The van der Waals surface area contributed by atoms with Gasteiger partial charge < -0.3 is 0 Å². The molecule has 0 unspecified atom stereocenters. The number of hydrogen-bond acceptors (Lipinski definition) is 4. The van der Waals surface area contributed by atoms with Gasteiger partial charge in [0, 0.05) is 18.0 Å². The van der Waals surface area contributed by atoms with Gasteiger partial charge >= 0.3 is 0 Å². The van der Waals surface area contributed by atoms with E-state index in [9.17, 15) is 9.59 Å². The summed E-state index contributed by atoms with van der Waals surface area (Å²) in [7, 11) is 0. The first kappa shape index (κ1) is 14.5. The second-order valence-corrected chi connectivity index (χ2v) is 4.68. The SMILES string of the molecule is O=C(NNC(=O)c1cc(-c2ccccc2)n[nH]1)c1cccnc1. The van der Waals surface area contributed by atoms with Gasteiger partial charge in [-0.15, -0.1) is 0 Å². The van der Waals surface area contributed by atoms with Crippen LogP contribution in [0.25, 0.3) is 11.3 Å².